The van der Waals surface area contributed by atoms with Crippen LogP contribution in [0.5, 0.6) is 0 Å². The second kappa shape index (κ2) is 8.32. The summed E-state index contributed by atoms with van der Waals surface area (Å²) >= 11 is 6.20. The number of nitrogens with one attached hydrogen (secondary N) is 1. The van der Waals surface area contributed by atoms with Crippen LogP contribution in [0.4, 0.5) is 5.69 Å². The third-order valence-corrected chi connectivity index (χ3v) is 6.83. The first-order valence-corrected chi connectivity index (χ1v) is 11.5. The molecule has 0 radical (unpaired) electrons. The van der Waals surface area contributed by atoms with Gasteiger partial charge in [0, 0.05) is 34.2 Å². The van der Waals surface area contributed by atoms with Crippen LogP contribution in [0.2, 0.25) is 5.02 Å². The van der Waals surface area contributed by atoms with Gasteiger partial charge in [-0.15, -0.1) is 0 Å². The number of amides is 2. The zero-order chi connectivity index (χ0) is 23.3. The number of hydrogen-bond acceptors (Lipinski definition) is 5. The molecule has 2 aliphatic heterocycles. The average Bonchev–Trinajstić information content (AvgIpc) is 3.31. The second-order valence-corrected chi connectivity index (χ2v) is 8.86. The molecule has 5 rings (SSSR count). The van der Waals surface area contributed by atoms with Gasteiger partial charge in [-0.05, 0) is 68.3 Å². The summed E-state index contributed by atoms with van der Waals surface area (Å²) in [6, 6.07) is 11.6. The minimum Gasteiger partial charge on any atom is -0.462 e. The minimum atomic E-state index is -0.527. The van der Waals surface area contributed by atoms with E-state index in [9.17, 15) is 14.4 Å². The summed E-state index contributed by atoms with van der Waals surface area (Å²) in [6.07, 6.45) is 0.899. The van der Waals surface area contributed by atoms with Crippen molar-refractivity contribution in [3.63, 3.8) is 0 Å². The lowest BCUT2D eigenvalue weighted by Gasteiger charge is -2.36. The molecule has 2 aliphatic rings. The molecule has 170 valence electrons. The van der Waals surface area contributed by atoms with E-state index in [4.69, 9.17) is 16.3 Å². The van der Waals surface area contributed by atoms with Crippen molar-refractivity contribution in [3.05, 3.63) is 64.3 Å². The Hall–Kier alpha value is -3.16. The molecule has 7 nitrogen and oxygen atoms in total. The van der Waals surface area contributed by atoms with Gasteiger partial charge < -0.3 is 9.72 Å². The quantitative estimate of drug-likeness (QED) is 0.460. The number of H-pyrrole nitrogens is 1. The summed E-state index contributed by atoms with van der Waals surface area (Å²) in [5, 5.41) is 1.81. The van der Waals surface area contributed by atoms with Crippen molar-refractivity contribution in [1.29, 1.82) is 0 Å². The molecule has 8 heteroatoms. The zero-order valence-corrected chi connectivity index (χ0v) is 19.2. The number of ether oxygens (including phenoxy) is 1. The van der Waals surface area contributed by atoms with Crippen molar-refractivity contribution < 1.29 is 19.1 Å². The molecule has 2 aromatic carbocycles. The largest absolute Gasteiger partial charge is 0.462 e. The van der Waals surface area contributed by atoms with Gasteiger partial charge in [-0.1, -0.05) is 11.6 Å². The summed E-state index contributed by atoms with van der Waals surface area (Å²) in [4.78, 5) is 44.9. The number of nitrogens with zero attached hydrogens (tertiary/aromatic N) is 2. The molecule has 2 unspecified atom stereocenters. The molecule has 0 saturated carbocycles. The number of aromatic nitrogens is 1. The number of rotatable bonds is 4. The first kappa shape index (κ1) is 21.7. The second-order valence-electron chi connectivity index (χ2n) is 8.43. The number of aromatic amines is 1. The number of hydrogen-bond donors (Lipinski definition) is 1. The van der Waals surface area contributed by atoms with Gasteiger partial charge in [0.1, 0.15) is 0 Å². The summed E-state index contributed by atoms with van der Waals surface area (Å²) in [6.45, 7) is 4.75. The predicted octanol–water partition coefficient (Wildman–Crippen LogP) is 4.25. The first-order chi connectivity index (χ1) is 15.9. The van der Waals surface area contributed by atoms with Crippen LogP contribution in [0, 0.1) is 0 Å². The fourth-order valence-corrected chi connectivity index (χ4v) is 5.17. The fourth-order valence-electron chi connectivity index (χ4n) is 5.00. The smallest absolute Gasteiger partial charge is 0.338 e. The van der Waals surface area contributed by atoms with Crippen molar-refractivity contribution in [1.82, 2.24) is 9.88 Å². The van der Waals surface area contributed by atoms with Gasteiger partial charge >= 0.3 is 5.97 Å². The van der Waals surface area contributed by atoms with Crippen molar-refractivity contribution in [2.45, 2.75) is 38.8 Å². The molecule has 2 atom stereocenters. The molecule has 0 spiro atoms. The molecular formula is C25H24ClN3O4. The van der Waals surface area contributed by atoms with Gasteiger partial charge in [-0.2, -0.15) is 0 Å². The van der Waals surface area contributed by atoms with Crippen LogP contribution in [0.25, 0.3) is 10.9 Å². The maximum Gasteiger partial charge on any atom is 0.338 e. The van der Waals surface area contributed by atoms with Gasteiger partial charge in [0.05, 0.1) is 30.3 Å². The molecule has 1 saturated heterocycles. The van der Waals surface area contributed by atoms with E-state index < -0.39 is 12.0 Å². The normalized spacial score (nSPS) is 21.0. The highest BCUT2D eigenvalue weighted by Crippen LogP contribution is 2.38. The van der Waals surface area contributed by atoms with Crippen molar-refractivity contribution in [2.24, 2.45) is 0 Å². The fraction of sp³-hybridized carbons (Fsp3) is 0.320. The summed E-state index contributed by atoms with van der Waals surface area (Å²) in [7, 11) is 0. The predicted molar refractivity (Wildman–Crippen MR) is 125 cm³/mol. The molecule has 1 aromatic heterocycles. The van der Waals surface area contributed by atoms with Crippen LogP contribution < -0.4 is 4.90 Å². The Kier molecular flexibility index (Phi) is 5.46. The highest BCUT2D eigenvalue weighted by molar-refractivity contribution is 6.31. The number of halogens is 1. The molecule has 0 bridgehead atoms. The van der Waals surface area contributed by atoms with E-state index in [-0.39, 0.29) is 30.9 Å². The van der Waals surface area contributed by atoms with Crippen LogP contribution in [0.1, 0.15) is 47.9 Å². The van der Waals surface area contributed by atoms with Gasteiger partial charge in [0.25, 0.3) is 5.91 Å². The third kappa shape index (κ3) is 3.61. The molecule has 0 aliphatic carbocycles. The van der Waals surface area contributed by atoms with E-state index in [2.05, 4.69) is 16.8 Å². The Labute approximate surface area is 196 Å². The maximum atomic E-state index is 13.4. The van der Waals surface area contributed by atoms with Gasteiger partial charge in [-0.25, -0.2) is 9.69 Å². The number of fused-ring (bicyclic) bond motifs is 3. The van der Waals surface area contributed by atoms with E-state index >= 15 is 0 Å². The van der Waals surface area contributed by atoms with Crippen LogP contribution in [-0.2, 0) is 20.7 Å². The molecule has 3 heterocycles. The standard InChI is InChI=1S/C25H24ClN3O4/c1-3-33-25(32)15-4-7-17(8-5-15)29-22(30)13-21(24(29)31)28-11-10-18-19-12-16(26)6-9-20(19)27-23(18)14(28)2/h4-9,12,14,21,27H,3,10-11,13H2,1-2H3. The SMILES string of the molecule is CCOC(=O)c1ccc(N2C(=O)CC(N3CCc4c([nH]c5ccc(Cl)cc45)C3C)C2=O)cc1. The third-order valence-electron chi connectivity index (χ3n) is 6.60. The molecule has 1 N–H and O–H groups in total. The topological polar surface area (TPSA) is 82.7 Å². The van der Waals surface area contributed by atoms with E-state index in [0.717, 1.165) is 23.0 Å². The van der Waals surface area contributed by atoms with E-state index in [1.54, 1.807) is 31.2 Å². The number of esters is 1. The van der Waals surface area contributed by atoms with E-state index in [1.807, 2.05) is 18.2 Å². The van der Waals surface area contributed by atoms with Crippen molar-refractivity contribution in [3.8, 4) is 0 Å². The molecule has 2 amide bonds. The number of anilines is 1. The Morgan fingerprint density at radius 1 is 1.18 bits per heavy atom. The highest BCUT2D eigenvalue weighted by atomic mass is 35.5. The maximum absolute atomic E-state index is 13.4. The molecule has 1 fully saturated rings. The average molecular weight is 466 g/mol. The Morgan fingerprint density at radius 2 is 1.94 bits per heavy atom. The summed E-state index contributed by atoms with van der Waals surface area (Å²) in [5.41, 5.74) is 4.16. The number of imide groups is 1. The Bertz CT molecular complexity index is 1270. The lowest BCUT2D eigenvalue weighted by molar-refractivity contribution is -0.123. The Morgan fingerprint density at radius 3 is 2.67 bits per heavy atom. The van der Waals surface area contributed by atoms with Gasteiger partial charge in [0.15, 0.2) is 0 Å². The minimum absolute atomic E-state index is 0.0483. The monoisotopic (exact) mass is 465 g/mol. The summed E-state index contributed by atoms with van der Waals surface area (Å²) < 4.78 is 5.00. The lowest BCUT2D eigenvalue weighted by Crippen LogP contribution is -2.46. The van der Waals surface area contributed by atoms with Gasteiger partial charge in [0.2, 0.25) is 5.91 Å². The number of carbonyl (C=O) groups excluding carboxylic acids is 3. The molecular weight excluding hydrogens is 442 g/mol. The van der Waals surface area contributed by atoms with Crippen LogP contribution in [0.15, 0.2) is 42.5 Å². The lowest BCUT2D eigenvalue weighted by atomic mass is 9.96. The Balaban J connectivity index is 1.39. The highest BCUT2D eigenvalue weighted by Gasteiger charge is 2.45. The number of carbonyl (C=O) groups is 3. The molecule has 33 heavy (non-hydrogen) atoms. The summed E-state index contributed by atoms with van der Waals surface area (Å²) in [5.74, 6) is -0.910. The van der Waals surface area contributed by atoms with Crippen LogP contribution >= 0.6 is 11.6 Å². The first-order valence-electron chi connectivity index (χ1n) is 11.1. The van der Waals surface area contributed by atoms with Crippen molar-refractivity contribution in [2.75, 3.05) is 18.1 Å². The van der Waals surface area contributed by atoms with Crippen LogP contribution in [0.3, 0.4) is 0 Å². The molecule has 3 aromatic rings. The van der Waals surface area contributed by atoms with Crippen molar-refractivity contribution >= 4 is 46.0 Å². The van der Waals surface area contributed by atoms with E-state index in [1.165, 1.54) is 10.5 Å². The van der Waals surface area contributed by atoms with Crippen LogP contribution in [-0.4, -0.2) is 46.9 Å². The van der Waals surface area contributed by atoms with Gasteiger partial charge in [-0.3, -0.25) is 14.5 Å². The number of benzene rings is 2. The zero-order valence-electron chi connectivity index (χ0n) is 18.4. The van der Waals surface area contributed by atoms with E-state index in [0.29, 0.717) is 22.8 Å².